The number of halogens is 1. The molecule has 3 rings (SSSR count). The summed E-state index contributed by atoms with van der Waals surface area (Å²) in [5, 5.41) is 18.8. The summed E-state index contributed by atoms with van der Waals surface area (Å²) in [5.41, 5.74) is 0.493. The topological polar surface area (TPSA) is 68.0 Å². The van der Waals surface area contributed by atoms with Crippen LogP contribution in [0.2, 0.25) is 4.34 Å². The summed E-state index contributed by atoms with van der Waals surface area (Å²) in [6, 6.07) is 7.42. The first kappa shape index (κ1) is 13.3. The lowest BCUT2D eigenvalue weighted by Gasteiger charge is -2.03. The van der Waals surface area contributed by atoms with Gasteiger partial charge in [-0.2, -0.15) is 0 Å². The van der Waals surface area contributed by atoms with Crippen LogP contribution in [-0.4, -0.2) is 26.1 Å². The summed E-state index contributed by atoms with van der Waals surface area (Å²) in [4.78, 5) is 13.1. The molecular weight excluding hydrogens is 318 g/mol. The monoisotopic (exact) mass is 325 g/mol. The first-order chi connectivity index (χ1) is 9.65. The normalized spacial score (nSPS) is 10.8. The van der Waals surface area contributed by atoms with Gasteiger partial charge < -0.3 is 5.11 Å². The number of carbonyl (C=O) groups is 1. The van der Waals surface area contributed by atoms with E-state index in [-0.39, 0.29) is 5.69 Å². The van der Waals surface area contributed by atoms with Crippen molar-refractivity contribution in [3.63, 3.8) is 0 Å². The molecule has 0 aromatic carbocycles. The average Bonchev–Trinajstić information content (AvgIpc) is 3.10. The summed E-state index contributed by atoms with van der Waals surface area (Å²) < 4.78 is 2.29. The number of hydrogen-bond acceptors (Lipinski definition) is 5. The van der Waals surface area contributed by atoms with Crippen LogP contribution in [0.4, 0.5) is 0 Å². The minimum absolute atomic E-state index is 0.0323. The van der Waals surface area contributed by atoms with Crippen LogP contribution in [0, 0.1) is 0 Å². The zero-order chi connectivity index (χ0) is 14.1. The number of thiophene rings is 2. The summed E-state index contributed by atoms with van der Waals surface area (Å²) in [6.07, 6.45) is 0. The van der Waals surface area contributed by atoms with Crippen LogP contribution in [0.25, 0.3) is 10.6 Å². The highest BCUT2D eigenvalue weighted by Crippen LogP contribution is 2.29. The molecule has 0 aliphatic rings. The van der Waals surface area contributed by atoms with Crippen molar-refractivity contribution in [3.8, 4) is 10.6 Å². The molecule has 5 nitrogen and oxygen atoms in total. The predicted octanol–water partition coefficient (Wildman–Crippen LogP) is 3.47. The van der Waals surface area contributed by atoms with Gasteiger partial charge in [-0.25, -0.2) is 9.48 Å². The van der Waals surface area contributed by atoms with E-state index in [0.717, 1.165) is 9.75 Å². The number of aromatic carboxylic acids is 1. The van der Waals surface area contributed by atoms with Crippen molar-refractivity contribution in [2.24, 2.45) is 0 Å². The van der Waals surface area contributed by atoms with E-state index in [4.69, 9.17) is 11.6 Å². The average molecular weight is 326 g/mol. The molecule has 0 saturated carbocycles. The van der Waals surface area contributed by atoms with E-state index in [2.05, 4.69) is 10.3 Å². The molecule has 8 heteroatoms. The zero-order valence-corrected chi connectivity index (χ0v) is 12.4. The molecule has 0 amide bonds. The van der Waals surface area contributed by atoms with Crippen molar-refractivity contribution < 1.29 is 9.90 Å². The lowest BCUT2D eigenvalue weighted by atomic mass is 10.2. The fraction of sp³-hybridized carbons (Fsp3) is 0.0833. The zero-order valence-electron chi connectivity index (χ0n) is 9.99. The number of hydrogen-bond donors (Lipinski definition) is 1. The second-order valence-corrected chi connectivity index (χ2v) is 6.68. The van der Waals surface area contributed by atoms with Crippen molar-refractivity contribution in [1.82, 2.24) is 15.0 Å². The predicted molar refractivity (Wildman–Crippen MR) is 78.7 cm³/mol. The van der Waals surface area contributed by atoms with E-state index in [9.17, 15) is 9.90 Å². The Morgan fingerprint density at radius 1 is 1.40 bits per heavy atom. The number of aromatic nitrogens is 3. The van der Waals surface area contributed by atoms with Crippen LogP contribution >= 0.6 is 34.3 Å². The smallest absolute Gasteiger partial charge is 0.358 e. The van der Waals surface area contributed by atoms with Crippen LogP contribution in [0.1, 0.15) is 15.4 Å². The third kappa shape index (κ3) is 2.47. The van der Waals surface area contributed by atoms with Crippen molar-refractivity contribution in [1.29, 1.82) is 0 Å². The molecular formula is C12H8ClN3O2S2. The second kappa shape index (κ2) is 5.35. The maximum absolute atomic E-state index is 11.3. The molecule has 0 aliphatic carbocycles. The van der Waals surface area contributed by atoms with Gasteiger partial charge in [-0.3, -0.25) is 0 Å². The maximum atomic E-state index is 11.3. The Bertz CT molecular complexity index is 749. The molecule has 0 atom stereocenters. The van der Waals surface area contributed by atoms with E-state index in [1.165, 1.54) is 22.7 Å². The van der Waals surface area contributed by atoms with Crippen LogP contribution in [0.15, 0.2) is 29.6 Å². The fourth-order valence-electron chi connectivity index (χ4n) is 1.81. The quantitative estimate of drug-likeness (QED) is 0.797. The van der Waals surface area contributed by atoms with Crippen molar-refractivity contribution in [3.05, 3.63) is 44.6 Å². The first-order valence-electron chi connectivity index (χ1n) is 5.60. The summed E-state index contributed by atoms with van der Waals surface area (Å²) in [6.45, 7) is 0.449. The van der Waals surface area contributed by atoms with Crippen LogP contribution in [0.3, 0.4) is 0 Å². The van der Waals surface area contributed by atoms with Crippen molar-refractivity contribution >= 4 is 40.2 Å². The second-order valence-electron chi connectivity index (χ2n) is 3.93. The molecule has 20 heavy (non-hydrogen) atoms. The largest absolute Gasteiger partial charge is 0.476 e. The highest BCUT2D eigenvalue weighted by molar-refractivity contribution is 7.16. The molecule has 0 aliphatic heterocycles. The Hall–Kier alpha value is -1.70. The lowest BCUT2D eigenvalue weighted by Crippen LogP contribution is -2.04. The molecule has 0 unspecified atom stereocenters. The number of rotatable bonds is 4. The third-order valence-corrected chi connectivity index (χ3v) is 4.72. The number of nitrogens with zero attached hydrogens (tertiary/aromatic N) is 3. The lowest BCUT2D eigenvalue weighted by molar-refractivity contribution is 0.0691. The molecule has 102 valence electrons. The molecule has 3 aromatic rings. The van der Waals surface area contributed by atoms with Gasteiger partial charge in [-0.1, -0.05) is 22.9 Å². The third-order valence-electron chi connectivity index (χ3n) is 2.63. The van der Waals surface area contributed by atoms with Gasteiger partial charge in [0, 0.05) is 4.88 Å². The SMILES string of the molecule is O=C(O)c1nnn(Cc2ccc(Cl)s2)c1-c1cccs1. The minimum Gasteiger partial charge on any atom is -0.476 e. The molecule has 3 aromatic heterocycles. The number of carboxylic acid groups (broad SMARTS) is 1. The molecule has 0 bridgehead atoms. The van der Waals surface area contributed by atoms with Crippen LogP contribution < -0.4 is 0 Å². The molecule has 0 spiro atoms. The highest BCUT2D eigenvalue weighted by Gasteiger charge is 2.21. The van der Waals surface area contributed by atoms with Crippen molar-refractivity contribution in [2.75, 3.05) is 0 Å². The molecule has 0 fully saturated rings. The van der Waals surface area contributed by atoms with E-state index in [1.54, 1.807) is 10.7 Å². The Labute approximate surface area is 127 Å². The Morgan fingerprint density at radius 3 is 2.85 bits per heavy atom. The maximum Gasteiger partial charge on any atom is 0.358 e. The van der Waals surface area contributed by atoms with Gasteiger partial charge in [-0.15, -0.1) is 27.8 Å². The van der Waals surface area contributed by atoms with Gasteiger partial charge >= 0.3 is 5.97 Å². The van der Waals surface area contributed by atoms with Gasteiger partial charge in [0.15, 0.2) is 5.69 Å². The highest BCUT2D eigenvalue weighted by atomic mass is 35.5. The van der Waals surface area contributed by atoms with E-state index < -0.39 is 5.97 Å². The Kier molecular flexibility index (Phi) is 3.56. The Morgan fingerprint density at radius 2 is 2.25 bits per heavy atom. The minimum atomic E-state index is -1.08. The summed E-state index contributed by atoms with van der Waals surface area (Å²) in [5.74, 6) is -1.08. The first-order valence-corrected chi connectivity index (χ1v) is 7.67. The van der Waals surface area contributed by atoms with E-state index in [1.807, 2.05) is 23.6 Å². The van der Waals surface area contributed by atoms with Gasteiger partial charge in [0.2, 0.25) is 0 Å². The van der Waals surface area contributed by atoms with Gasteiger partial charge in [0.05, 0.1) is 15.8 Å². The van der Waals surface area contributed by atoms with Crippen LogP contribution in [0.5, 0.6) is 0 Å². The number of carboxylic acids is 1. The van der Waals surface area contributed by atoms with Gasteiger partial charge in [0.1, 0.15) is 5.69 Å². The van der Waals surface area contributed by atoms with Gasteiger partial charge in [-0.05, 0) is 23.6 Å². The molecule has 0 saturated heterocycles. The van der Waals surface area contributed by atoms with Gasteiger partial charge in [0.25, 0.3) is 0 Å². The summed E-state index contributed by atoms with van der Waals surface area (Å²) in [7, 11) is 0. The van der Waals surface area contributed by atoms with E-state index >= 15 is 0 Å². The Balaban J connectivity index is 2.05. The van der Waals surface area contributed by atoms with Crippen LogP contribution in [-0.2, 0) is 6.54 Å². The van der Waals surface area contributed by atoms with E-state index in [0.29, 0.717) is 16.6 Å². The van der Waals surface area contributed by atoms with Crippen molar-refractivity contribution in [2.45, 2.75) is 6.54 Å². The standard InChI is InChI=1S/C12H8ClN3O2S2/c13-9-4-3-7(20-9)6-16-11(8-2-1-5-19-8)10(12(17)18)14-15-16/h1-5H,6H2,(H,17,18). The molecule has 1 N–H and O–H groups in total. The molecule has 3 heterocycles. The fourth-order valence-corrected chi connectivity index (χ4v) is 3.65. The summed E-state index contributed by atoms with van der Waals surface area (Å²) >= 11 is 8.80. The molecule has 0 radical (unpaired) electrons.